The van der Waals surface area contributed by atoms with E-state index in [4.69, 9.17) is 14.5 Å². The van der Waals surface area contributed by atoms with Crippen LogP contribution in [0.25, 0.3) is 16.2 Å². The second kappa shape index (κ2) is 6.55. The van der Waals surface area contributed by atoms with Crippen LogP contribution in [-0.2, 0) is 6.42 Å². The maximum Gasteiger partial charge on any atom is 0.253 e. The van der Waals surface area contributed by atoms with Crippen molar-refractivity contribution in [2.45, 2.75) is 13.3 Å². The zero-order valence-corrected chi connectivity index (χ0v) is 15.5. The number of hydrogen-bond acceptors (Lipinski definition) is 7. The Hall–Kier alpha value is -3.13. The Balaban J connectivity index is 1.40. The van der Waals surface area contributed by atoms with E-state index in [0.29, 0.717) is 12.7 Å². The van der Waals surface area contributed by atoms with Gasteiger partial charge in [-0.15, -0.1) is 11.3 Å². The Morgan fingerprint density at radius 2 is 2.15 bits per heavy atom. The first kappa shape index (κ1) is 16.1. The van der Waals surface area contributed by atoms with Gasteiger partial charge in [0.05, 0.1) is 5.39 Å². The van der Waals surface area contributed by atoms with Gasteiger partial charge in [-0.2, -0.15) is 15.1 Å². The van der Waals surface area contributed by atoms with E-state index in [2.05, 4.69) is 33.8 Å². The van der Waals surface area contributed by atoms with Crippen molar-refractivity contribution in [2.24, 2.45) is 0 Å². The SMILES string of the molecule is Cc1csc2nc(-n3cccn3)nc(NCCc3ccc4c(c3)OCO4)c12. The number of fused-ring (bicyclic) bond motifs is 2. The Morgan fingerprint density at radius 3 is 3.04 bits per heavy atom. The molecule has 0 amide bonds. The molecule has 1 aliphatic rings. The summed E-state index contributed by atoms with van der Waals surface area (Å²) in [6, 6.07) is 7.92. The van der Waals surface area contributed by atoms with Crippen LogP contribution in [0.5, 0.6) is 11.5 Å². The molecule has 0 aliphatic carbocycles. The molecule has 1 aliphatic heterocycles. The molecule has 0 radical (unpaired) electrons. The van der Waals surface area contributed by atoms with Gasteiger partial charge in [-0.3, -0.25) is 0 Å². The number of nitrogens with one attached hydrogen (secondary N) is 1. The Bertz CT molecular complexity index is 1110. The van der Waals surface area contributed by atoms with Crippen molar-refractivity contribution in [1.29, 1.82) is 0 Å². The third-order valence-electron chi connectivity index (χ3n) is 4.46. The second-order valence-electron chi connectivity index (χ2n) is 6.29. The van der Waals surface area contributed by atoms with Gasteiger partial charge in [0.15, 0.2) is 11.5 Å². The fraction of sp³-hybridized carbons (Fsp3) is 0.211. The highest BCUT2D eigenvalue weighted by molar-refractivity contribution is 7.17. The quantitative estimate of drug-likeness (QED) is 0.571. The first-order valence-corrected chi connectivity index (χ1v) is 9.54. The van der Waals surface area contributed by atoms with Gasteiger partial charge in [0, 0.05) is 18.9 Å². The number of benzene rings is 1. The van der Waals surface area contributed by atoms with Gasteiger partial charge in [-0.1, -0.05) is 6.07 Å². The molecule has 0 saturated heterocycles. The second-order valence-corrected chi connectivity index (χ2v) is 7.14. The monoisotopic (exact) mass is 379 g/mol. The largest absolute Gasteiger partial charge is 0.454 e. The van der Waals surface area contributed by atoms with Gasteiger partial charge in [-0.05, 0) is 48.1 Å². The zero-order valence-electron chi connectivity index (χ0n) is 14.7. The molecular formula is C19H17N5O2S. The minimum Gasteiger partial charge on any atom is -0.454 e. The first-order chi connectivity index (χ1) is 13.3. The summed E-state index contributed by atoms with van der Waals surface area (Å²) in [4.78, 5) is 10.3. The van der Waals surface area contributed by atoms with Crippen molar-refractivity contribution >= 4 is 27.4 Å². The molecule has 3 aromatic heterocycles. The van der Waals surface area contributed by atoms with Crippen LogP contribution in [-0.4, -0.2) is 33.1 Å². The Morgan fingerprint density at radius 1 is 1.22 bits per heavy atom. The minimum atomic E-state index is 0.295. The third kappa shape index (κ3) is 2.97. The van der Waals surface area contributed by atoms with Crippen LogP contribution in [0, 0.1) is 6.92 Å². The average Bonchev–Trinajstić information content (AvgIpc) is 3.42. The van der Waals surface area contributed by atoms with E-state index in [-0.39, 0.29) is 0 Å². The lowest BCUT2D eigenvalue weighted by atomic mass is 10.1. The molecule has 1 aromatic carbocycles. The highest BCUT2D eigenvalue weighted by Gasteiger charge is 2.15. The molecule has 0 spiro atoms. The predicted molar refractivity (Wildman–Crippen MR) is 104 cm³/mol. The van der Waals surface area contributed by atoms with Crippen molar-refractivity contribution in [2.75, 3.05) is 18.7 Å². The molecule has 8 heteroatoms. The molecule has 0 saturated carbocycles. The molecule has 0 unspecified atom stereocenters. The molecule has 0 bridgehead atoms. The van der Waals surface area contributed by atoms with E-state index in [1.165, 1.54) is 11.1 Å². The molecule has 4 heterocycles. The summed E-state index contributed by atoms with van der Waals surface area (Å²) in [7, 11) is 0. The third-order valence-corrected chi connectivity index (χ3v) is 5.45. The zero-order chi connectivity index (χ0) is 18.2. The summed E-state index contributed by atoms with van der Waals surface area (Å²) < 4.78 is 12.5. The van der Waals surface area contributed by atoms with E-state index in [1.807, 2.05) is 24.4 Å². The number of aromatic nitrogens is 4. The normalized spacial score (nSPS) is 12.6. The van der Waals surface area contributed by atoms with Crippen LogP contribution in [0.3, 0.4) is 0 Å². The van der Waals surface area contributed by atoms with Gasteiger partial charge < -0.3 is 14.8 Å². The lowest BCUT2D eigenvalue weighted by molar-refractivity contribution is 0.174. The van der Waals surface area contributed by atoms with Crippen LogP contribution in [0.1, 0.15) is 11.1 Å². The van der Waals surface area contributed by atoms with Crippen LogP contribution in [0.15, 0.2) is 42.0 Å². The summed E-state index contributed by atoms with van der Waals surface area (Å²) in [5, 5.41) is 10.9. The van der Waals surface area contributed by atoms with Crippen molar-refractivity contribution < 1.29 is 9.47 Å². The summed E-state index contributed by atoms with van der Waals surface area (Å²) in [5.74, 6) is 3.03. The number of aryl methyl sites for hydroxylation is 1. The topological polar surface area (TPSA) is 74.1 Å². The number of rotatable bonds is 5. The molecule has 4 aromatic rings. The molecule has 27 heavy (non-hydrogen) atoms. The Kier molecular flexibility index (Phi) is 3.90. The molecule has 7 nitrogen and oxygen atoms in total. The summed E-state index contributed by atoms with van der Waals surface area (Å²) in [6.45, 7) is 3.13. The average molecular weight is 379 g/mol. The van der Waals surface area contributed by atoms with E-state index in [9.17, 15) is 0 Å². The minimum absolute atomic E-state index is 0.295. The van der Waals surface area contributed by atoms with Crippen LogP contribution >= 0.6 is 11.3 Å². The standard InChI is InChI=1S/C19H17N5O2S/c1-12-10-27-18-16(12)17(22-19(23-18)24-8-2-6-21-24)20-7-5-13-3-4-14-15(9-13)26-11-25-14/h2-4,6,8-10H,5,7,11H2,1H3,(H,20,22,23). The van der Waals surface area contributed by atoms with Gasteiger partial charge in [0.2, 0.25) is 6.79 Å². The van der Waals surface area contributed by atoms with E-state index >= 15 is 0 Å². The van der Waals surface area contributed by atoms with Crippen LogP contribution in [0.4, 0.5) is 5.82 Å². The van der Waals surface area contributed by atoms with Gasteiger partial charge in [0.1, 0.15) is 10.6 Å². The van der Waals surface area contributed by atoms with E-state index in [1.54, 1.807) is 22.2 Å². The van der Waals surface area contributed by atoms with Gasteiger partial charge in [0.25, 0.3) is 5.95 Å². The molecule has 0 atom stereocenters. The van der Waals surface area contributed by atoms with E-state index < -0.39 is 0 Å². The first-order valence-electron chi connectivity index (χ1n) is 8.66. The summed E-state index contributed by atoms with van der Waals surface area (Å²) in [6.07, 6.45) is 4.42. The maximum absolute atomic E-state index is 5.45. The molecule has 136 valence electrons. The van der Waals surface area contributed by atoms with E-state index in [0.717, 1.165) is 40.5 Å². The summed E-state index contributed by atoms with van der Waals surface area (Å²) >= 11 is 1.62. The fourth-order valence-corrected chi connectivity index (χ4v) is 4.03. The van der Waals surface area contributed by atoms with Crippen molar-refractivity contribution in [3.8, 4) is 17.4 Å². The lowest BCUT2D eigenvalue weighted by Gasteiger charge is -2.10. The van der Waals surface area contributed by atoms with Gasteiger partial charge in [-0.25, -0.2) is 4.68 Å². The van der Waals surface area contributed by atoms with Gasteiger partial charge >= 0.3 is 0 Å². The van der Waals surface area contributed by atoms with Crippen LogP contribution in [0.2, 0.25) is 0 Å². The molecule has 1 N–H and O–H groups in total. The highest BCUT2D eigenvalue weighted by Crippen LogP contribution is 2.33. The number of ether oxygens (including phenoxy) is 2. The number of hydrogen-bond donors (Lipinski definition) is 1. The molecule has 5 rings (SSSR count). The lowest BCUT2D eigenvalue weighted by Crippen LogP contribution is -2.10. The number of thiophene rings is 1. The van der Waals surface area contributed by atoms with Crippen molar-refractivity contribution in [3.05, 3.63) is 53.2 Å². The van der Waals surface area contributed by atoms with Crippen molar-refractivity contribution in [3.63, 3.8) is 0 Å². The maximum atomic E-state index is 5.45. The fourth-order valence-electron chi connectivity index (χ4n) is 3.11. The molecular weight excluding hydrogens is 362 g/mol. The number of nitrogens with zero attached hydrogens (tertiary/aromatic N) is 4. The van der Waals surface area contributed by atoms with Crippen molar-refractivity contribution in [1.82, 2.24) is 19.7 Å². The highest BCUT2D eigenvalue weighted by atomic mass is 32.1. The predicted octanol–water partition coefficient (Wildman–Crippen LogP) is 3.57. The van der Waals surface area contributed by atoms with Crippen LogP contribution < -0.4 is 14.8 Å². The number of anilines is 1. The smallest absolute Gasteiger partial charge is 0.253 e. The summed E-state index contributed by atoms with van der Waals surface area (Å²) in [5.41, 5.74) is 2.36. The Labute approximate surface area is 159 Å². The molecule has 0 fully saturated rings.